The molecule has 1 aromatic rings. The third-order valence-corrected chi connectivity index (χ3v) is 3.64. The maximum atomic E-state index is 11.5. The molecule has 1 aliphatic rings. The fourth-order valence-electron chi connectivity index (χ4n) is 1.84. The molecule has 4 heteroatoms. The fourth-order valence-corrected chi connectivity index (χ4v) is 2.08. The van der Waals surface area contributed by atoms with Crippen LogP contribution in [0.5, 0.6) is 0 Å². The molecule has 0 aromatic heterocycles. The molecule has 0 bridgehead atoms. The number of hydrogen-bond donors (Lipinski definition) is 1. The number of ketones is 1. The van der Waals surface area contributed by atoms with Gasteiger partial charge in [-0.05, 0) is 30.7 Å². The van der Waals surface area contributed by atoms with Crippen molar-refractivity contribution in [1.29, 1.82) is 0 Å². The van der Waals surface area contributed by atoms with Crippen LogP contribution in [0.1, 0.15) is 5.56 Å². The Kier molecular flexibility index (Phi) is 3.61. The number of halogens is 1. The Morgan fingerprint density at radius 3 is 3.00 bits per heavy atom. The Bertz CT molecular complexity index is 406. The zero-order valence-corrected chi connectivity index (χ0v) is 10.9. The number of carbonyl (C=O) groups is 1. The van der Waals surface area contributed by atoms with Crippen LogP contribution in [-0.2, 0) is 4.79 Å². The summed E-state index contributed by atoms with van der Waals surface area (Å²) in [6.07, 6.45) is 0. The molecular weight excluding hydrogens is 268 g/mol. The summed E-state index contributed by atoms with van der Waals surface area (Å²) >= 11 is 3.48. The van der Waals surface area contributed by atoms with Crippen LogP contribution in [0.15, 0.2) is 22.7 Å². The number of hydrogen-bond acceptors (Lipinski definition) is 3. The van der Waals surface area contributed by atoms with Crippen LogP contribution >= 0.6 is 15.9 Å². The lowest BCUT2D eigenvalue weighted by molar-refractivity contribution is -0.116. The molecule has 1 N–H and O–H groups in total. The molecule has 86 valence electrons. The highest BCUT2D eigenvalue weighted by Crippen LogP contribution is 2.22. The second kappa shape index (κ2) is 4.97. The van der Waals surface area contributed by atoms with Gasteiger partial charge in [0.2, 0.25) is 0 Å². The summed E-state index contributed by atoms with van der Waals surface area (Å²) in [5, 5.41) is 3.12. The number of rotatable bonds is 1. The molecule has 0 atom stereocenters. The van der Waals surface area contributed by atoms with Gasteiger partial charge >= 0.3 is 0 Å². The molecule has 2 rings (SSSR count). The third-order valence-electron chi connectivity index (χ3n) is 2.75. The van der Waals surface area contributed by atoms with Gasteiger partial charge in [0, 0.05) is 23.2 Å². The molecule has 1 heterocycles. The van der Waals surface area contributed by atoms with E-state index in [0.29, 0.717) is 13.1 Å². The summed E-state index contributed by atoms with van der Waals surface area (Å²) in [4.78, 5) is 13.6. The van der Waals surface area contributed by atoms with Crippen molar-refractivity contribution < 1.29 is 4.79 Å². The first-order valence-corrected chi connectivity index (χ1v) is 6.19. The van der Waals surface area contributed by atoms with E-state index in [1.54, 1.807) is 0 Å². The second-order valence-electron chi connectivity index (χ2n) is 4.07. The van der Waals surface area contributed by atoms with Crippen molar-refractivity contribution in [2.24, 2.45) is 0 Å². The topological polar surface area (TPSA) is 32.3 Å². The summed E-state index contributed by atoms with van der Waals surface area (Å²) in [5.41, 5.74) is 2.32. The van der Waals surface area contributed by atoms with E-state index in [0.717, 1.165) is 23.2 Å². The van der Waals surface area contributed by atoms with E-state index in [2.05, 4.69) is 45.2 Å². The van der Waals surface area contributed by atoms with Crippen LogP contribution in [0.4, 0.5) is 5.69 Å². The number of carbonyl (C=O) groups excluding carboxylic acids is 1. The maximum Gasteiger partial charge on any atom is 0.165 e. The average Bonchev–Trinajstić information content (AvgIpc) is 2.47. The monoisotopic (exact) mass is 282 g/mol. The third kappa shape index (κ3) is 2.62. The molecule has 0 spiro atoms. The predicted molar refractivity (Wildman–Crippen MR) is 69.0 cm³/mol. The Balaban J connectivity index is 2.21. The minimum Gasteiger partial charge on any atom is -0.363 e. The highest BCUT2D eigenvalue weighted by atomic mass is 79.9. The zero-order valence-electron chi connectivity index (χ0n) is 9.29. The van der Waals surface area contributed by atoms with Gasteiger partial charge in [-0.3, -0.25) is 4.79 Å². The van der Waals surface area contributed by atoms with E-state index in [1.165, 1.54) is 5.56 Å². The van der Waals surface area contributed by atoms with E-state index >= 15 is 0 Å². The van der Waals surface area contributed by atoms with Crippen LogP contribution in [0.25, 0.3) is 0 Å². The summed E-state index contributed by atoms with van der Waals surface area (Å²) in [5.74, 6) is 0.248. The van der Waals surface area contributed by atoms with Gasteiger partial charge in [-0.15, -0.1) is 0 Å². The highest BCUT2D eigenvalue weighted by molar-refractivity contribution is 9.10. The van der Waals surface area contributed by atoms with Crippen LogP contribution in [0, 0.1) is 6.92 Å². The van der Waals surface area contributed by atoms with Crippen molar-refractivity contribution in [2.45, 2.75) is 6.92 Å². The number of benzene rings is 1. The van der Waals surface area contributed by atoms with Gasteiger partial charge in [0.05, 0.1) is 13.1 Å². The van der Waals surface area contributed by atoms with Gasteiger partial charge in [-0.25, -0.2) is 0 Å². The van der Waals surface area contributed by atoms with Crippen LogP contribution in [-0.4, -0.2) is 32.0 Å². The molecule has 0 unspecified atom stereocenters. The average molecular weight is 283 g/mol. The molecule has 0 radical (unpaired) electrons. The molecule has 3 nitrogen and oxygen atoms in total. The van der Waals surface area contributed by atoms with Gasteiger partial charge in [0.1, 0.15) is 0 Å². The molecule has 1 aromatic carbocycles. The largest absolute Gasteiger partial charge is 0.363 e. The lowest BCUT2D eigenvalue weighted by Crippen LogP contribution is -2.29. The lowest BCUT2D eigenvalue weighted by Gasteiger charge is -2.22. The first kappa shape index (κ1) is 11.6. The normalized spacial score (nSPS) is 17.4. The minimum atomic E-state index is 0.248. The Morgan fingerprint density at radius 2 is 2.25 bits per heavy atom. The van der Waals surface area contributed by atoms with Crippen molar-refractivity contribution in [3.63, 3.8) is 0 Å². The number of nitrogens with zero attached hydrogens (tertiary/aromatic N) is 1. The van der Waals surface area contributed by atoms with Gasteiger partial charge in [0.25, 0.3) is 0 Å². The van der Waals surface area contributed by atoms with E-state index in [1.807, 2.05) is 6.07 Å². The quantitative estimate of drug-likeness (QED) is 0.852. The van der Waals surface area contributed by atoms with Crippen molar-refractivity contribution in [3.8, 4) is 0 Å². The fraction of sp³-hybridized carbons (Fsp3) is 0.417. The Hall–Kier alpha value is -0.870. The molecule has 0 aliphatic carbocycles. The van der Waals surface area contributed by atoms with Crippen LogP contribution in [0.2, 0.25) is 0 Å². The maximum absolute atomic E-state index is 11.5. The van der Waals surface area contributed by atoms with Gasteiger partial charge in [-0.1, -0.05) is 15.9 Å². The van der Waals surface area contributed by atoms with Crippen molar-refractivity contribution >= 4 is 27.4 Å². The van der Waals surface area contributed by atoms with Crippen LogP contribution < -0.4 is 10.2 Å². The molecule has 1 aliphatic heterocycles. The van der Waals surface area contributed by atoms with Gasteiger partial charge in [0.15, 0.2) is 5.78 Å². The number of aryl methyl sites for hydroxylation is 1. The molecule has 1 saturated heterocycles. The summed E-state index contributed by atoms with van der Waals surface area (Å²) < 4.78 is 1.11. The van der Waals surface area contributed by atoms with Crippen molar-refractivity contribution in [1.82, 2.24) is 5.32 Å². The molecular formula is C12H15BrN2O. The summed E-state index contributed by atoms with van der Waals surface area (Å²) in [7, 11) is 0. The van der Waals surface area contributed by atoms with Gasteiger partial charge in [-0.2, -0.15) is 0 Å². The van der Waals surface area contributed by atoms with E-state index in [4.69, 9.17) is 0 Å². The first-order valence-electron chi connectivity index (χ1n) is 5.40. The predicted octanol–water partition coefficient (Wildman–Crippen LogP) is 1.74. The van der Waals surface area contributed by atoms with E-state index in [9.17, 15) is 4.79 Å². The SMILES string of the molecule is Cc1cc(N2CCNCC(=O)C2)ccc1Br. The smallest absolute Gasteiger partial charge is 0.165 e. The first-order chi connectivity index (χ1) is 7.66. The number of nitrogens with one attached hydrogen (secondary N) is 1. The van der Waals surface area contributed by atoms with E-state index in [-0.39, 0.29) is 5.78 Å². The number of Topliss-reactive ketones (excluding diaryl/α,β-unsaturated/α-hetero) is 1. The second-order valence-corrected chi connectivity index (χ2v) is 4.92. The Morgan fingerprint density at radius 1 is 1.44 bits per heavy atom. The molecule has 1 fully saturated rings. The lowest BCUT2D eigenvalue weighted by atomic mass is 10.2. The van der Waals surface area contributed by atoms with Crippen LogP contribution in [0.3, 0.4) is 0 Å². The van der Waals surface area contributed by atoms with Crippen molar-refractivity contribution in [2.75, 3.05) is 31.1 Å². The molecule has 0 amide bonds. The van der Waals surface area contributed by atoms with Gasteiger partial charge < -0.3 is 10.2 Å². The standard InChI is InChI=1S/C12H15BrN2O/c1-9-6-10(2-3-12(9)13)15-5-4-14-7-11(16)8-15/h2-3,6,14H,4-5,7-8H2,1H3. The van der Waals surface area contributed by atoms with E-state index < -0.39 is 0 Å². The molecule has 16 heavy (non-hydrogen) atoms. The number of anilines is 1. The zero-order chi connectivity index (χ0) is 11.5. The summed E-state index contributed by atoms with van der Waals surface area (Å²) in [6.45, 7) is 4.80. The highest BCUT2D eigenvalue weighted by Gasteiger charge is 2.15. The summed E-state index contributed by atoms with van der Waals surface area (Å²) in [6, 6.07) is 6.20. The molecule has 0 saturated carbocycles. The van der Waals surface area contributed by atoms with Crippen molar-refractivity contribution in [3.05, 3.63) is 28.2 Å². The Labute approximate surface area is 104 Å². The minimum absolute atomic E-state index is 0.248.